The zero-order chi connectivity index (χ0) is 15.2. The van der Waals surface area contributed by atoms with Crippen LogP contribution in [0.5, 0.6) is 5.75 Å². The summed E-state index contributed by atoms with van der Waals surface area (Å²) in [7, 11) is 1.62. The number of amides is 1. The number of para-hydroxylation sites is 2. The van der Waals surface area contributed by atoms with Crippen LogP contribution in [0.15, 0.2) is 24.3 Å². The first kappa shape index (κ1) is 15.8. The number of carbonyl (C=O) groups is 1. The zero-order valence-corrected chi connectivity index (χ0v) is 12.7. The number of rotatable bonds is 6. The van der Waals surface area contributed by atoms with E-state index in [9.17, 15) is 4.79 Å². The molecule has 1 aliphatic rings. The van der Waals surface area contributed by atoms with E-state index in [2.05, 4.69) is 0 Å². The highest BCUT2D eigenvalue weighted by molar-refractivity contribution is 5.96. The van der Waals surface area contributed by atoms with Gasteiger partial charge in [-0.2, -0.15) is 0 Å². The molecule has 1 amide bonds. The molecule has 1 aromatic carbocycles. The van der Waals surface area contributed by atoms with Crippen LogP contribution in [0.2, 0.25) is 0 Å². The van der Waals surface area contributed by atoms with Crippen LogP contribution in [0.25, 0.3) is 0 Å². The first-order valence-electron chi connectivity index (χ1n) is 7.45. The number of nitrogens with two attached hydrogens (primary N) is 1. The minimum atomic E-state index is -0.0901. The topological polar surface area (TPSA) is 64.8 Å². The minimum absolute atomic E-state index is 0.0346. The maximum absolute atomic E-state index is 12.9. The standard InChI is InChI=1S/C16H24N2O3/c1-12-13(8-11-21-12)16(19)18(10-5-9-17)14-6-3-4-7-15(14)20-2/h3-4,6-7,12-13H,5,8-11,17H2,1-2H3. The van der Waals surface area contributed by atoms with E-state index in [-0.39, 0.29) is 17.9 Å². The fourth-order valence-corrected chi connectivity index (χ4v) is 2.71. The molecule has 1 saturated heterocycles. The summed E-state index contributed by atoms with van der Waals surface area (Å²) in [5, 5.41) is 0. The predicted octanol–water partition coefficient (Wildman–Crippen LogP) is 1.80. The van der Waals surface area contributed by atoms with Crippen LogP contribution in [-0.2, 0) is 9.53 Å². The number of hydrogen-bond donors (Lipinski definition) is 1. The lowest BCUT2D eigenvalue weighted by atomic mass is 10.0. The Morgan fingerprint density at radius 2 is 2.24 bits per heavy atom. The number of nitrogens with zero attached hydrogens (tertiary/aromatic N) is 1. The predicted molar refractivity (Wildman–Crippen MR) is 82.5 cm³/mol. The third-order valence-corrected chi connectivity index (χ3v) is 3.92. The Morgan fingerprint density at radius 1 is 1.48 bits per heavy atom. The molecule has 0 spiro atoms. The molecule has 0 aromatic heterocycles. The van der Waals surface area contributed by atoms with E-state index in [1.54, 1.807) is 12.0 Å². The van der Waals surface area contributed by atoms with Crippen molar-refractivity contribution in [1.29, 1.82) is 0 Å². The van der Waals surface area contributed by atoms with Gasteiger partial charge in [0.05, 0.1) is 24.8 Å². The van der Waals surface area contributed by atoms with Gasteiger partial charge in [-0.3, -0.25) is 4.79 Å². The summed E-state index contributed by atoms with van der Waals surface area (Å²) >= 11 is 0. The van der Waals surface area contributed by atoms with Gasteiger partial charge in [-0.15, -0.1) is 0 Å². The Hall–Kier alpha value is -1.59. The second-order valence-electron chi connectivity index (χ2n) is 5.28. The maximum Gasteiger partial charge on any atom is 0.232 e. The first-order valence-corrected chi connectivity index (χ1v) is 7.45. The van der Waals surface area contributed by atoms with Crippen molar-refractivity contribution in [3.8, 4) is 5.75 Å². The van der Waals surface area contributed by atoms with E-state index >= 15 is 0 Å². The number of benzene rings is 1. The lowest BCUT2D eigenvalue weighted by Crippen LogP contribution is -2.40. The Labute approximate surface area is 126 Å². The van der Waals surface area contributed by atoms with Gasteiger partial charge >= 0.3 is 0 Å². The Bertz CT molecular complexity index is 478. The van der Waals surface area contributed by atoms with Crippen molar-refractivity contribution in [3.63, 3.8) is 0 Å². The quantitative estimate of drug-likeness (QED) is 0.868. The molecule has 21 heavy (non-hydrogen) atoms. The van der Waals surface area contributed by atoms with Crippen LogP contribution in [0.1, 0.15) is 19.8 Å². The molecular weight excluding hydrogens is 268 g/mol. The molecule has 2 atom stereocenters. The van der Waals surface area contributed by atoms with Crippen LogP contribution in [0, 0.1) is 5.92 Å². The average molecular weight is 292 g/mol. The molecular formula is C16H24N2O3. The van der Waals surface area contributed by atoms with Crippen molar-refractivity contribution in [2.45, 2.75) is 25.9 Å². The molecule has 1 aliphatic heterocycles. The van der Waals surface area contributed by atoms with Crippen molar-refractivity contribution in [2.75, 3.05) is 31.7 Å². The van der Waals surface area contributed by atoms with Crippen molar-refractivity contribution in [1.82, 2.24) is 0 Å². The summed E-state index contributed by atoms with van der Waals surface area (Å²) in [4.78, 5) is 14.7. The Morgan fingerprint density at radius 3 is 2.86 bits per heavy atom. The largest absolute Gasteiger partial charge is 0.495 e. The molecule has 5 heteroatoms. The second-order valence-corrected chi connectivity index (χ2v) is 5.28. The van der Waals surface area contributed by atoms with Gasteiger partial charge in [-0.25, -0.2) is 0 Å². The Balaban J connectivity index is 2.27. The van der Waals surface area contributed by atoms with Crippen molar-refractivity contribution in [2.24, 2.45) is 11.7 Å². The van der Waals surface area contributed by atoms with Gasteiger partial charge in [0.15, 0.2) is 0 Å². The van der Waals surface area contributed by atoms with Crippen LogP contribution in [0.3, 0.4) is 0 Å². The molecule has 1 heterocycles. The monoisotopic (exact) mass is 292 g/mol. The minimum Gasteiger partial charge on any atom is -0.495 e. The normalized spacial score (nSPS) is 21.3. The van der Waals surface area contributed by atoms with Crippen LogP contribution >= 0.6 is 0 Å². The highest BCUT2D eigenvalue weighted by Gasteiger charge is 2.34. The van der Waals surface area contributed by atoms with E-state index in [0.717, 1.165) is 18.5 Å². The number of anilines is 1. The average Bonchev–Trinajstić information content (AvgIpc) is 2.94. The summed E-state index contributed by atoms with van der Waals surface area (Å²) in [6, 6.07) is 7.59. The molecule has 0 saturated carbocycles. The van der Waals surface area contributed by atoms with Gasteiger partial charge in [-0.05, 0) is 38.4 Å². The smallest absolute Gasteiger partial charge is 0.232 e. The second kappa shape index (κ2) is 7.43. The summed E-state index contributed by atoms with van der Waals surface area (Å²) < 4.78 is 10.9. The molecule has 116 valence electrons. The van der Waals surface area contributed by atoms with Crippen LogP contribution in [-0.4, -0.2) is 38.8 Å². The molecule has 0 aliphatic carbocycles. The lowest BCUT2D eigenvalue weighted by molar-refractivity contribution is -0.123. The molecule has 1 aromatic rings. The molecule has 5 nitrogen and oxygen atoms in total. The third-order valence-electron chi connectivity index (χ3n) is 3.92. The van der Waals surface area contributed by atoms with E-state index in [1.807, 2.05) is 31.2 Å². The van der Waals surface area contributed by atoms with Gasteiger partial charge in [0, 0.05) is 13.2 Å². The van der Waals surface area contributed by atoms with Gasteiger partial charge in [-0.1, -0.05) is 12.1 Å². The zero-order valence-electron chi connectivity index (χ0n) is 12.7. The number of carbonyl (C=O) groups excluding carboxylic acids is 1. The lowest BCUT2D eigenvalue weighted by Gasteiger charge is -2.28. The van der Waals surface area contributed by atoms with Crippen molar-refractivity contribution >= 4 is 11.6 Å². The van der Waals surface area contributed by atoms with Gasteiger partial charge in [0.2, 0.25) is 5.91 Å². The van der Waals surface area contributed by atoms with E-state index in [0.29, 0.717) is 25.4 Å². The highest BCUT2D eigenvalue weighted by Crippen LogP contribution is 2.31. The van der Waals surface area contributed by atoms with E-state index < -0.39 is 0 Å². The van der Waals surface area contributed by atoms with Gasteiger partial charge in [0.25, 0.3) is 0 Å². The molecule has 2 unspecified atom stereocenters. The van der Waals surface area contributed by atoms with Crippen molar-refractivity contribution in [3.05, 3.63) is 24.3 Å². The number of ether oxygens (including phenoxy) is 2. The van der Waals surface area contributed by atoms with Gasteiger partial charge < -0.3 is 20.1 Å². The molecule has 2 rings (SSSR count). The molecule has 0 bridgehead atoms. The van der Waals surface area contributed by atoms with E-state index in [4.69, 9.17) is 15.2 Å². The van der Waals surface area contributed by atoms with Crippen LogP contribution in [0.4, 0.5) is 5.69 Å². The maximum atomic E-state index is 12.9. The Kier molecular flexibility index (Phi) is 5.59. The molecule has 1 fully saturated rings. The summed E-state index contributed by atoms with van der Waals surface area (Å²) in [6.07, 6.45) is 1.49. The van der Waals surface area contributed by atoms with Crippen molar-refractivity contribution < 1.29 is 14.3 Å². The SMILES string of the molecule is COc1ccccc1N(CCCN)C(=O)C1CCOC1C. The summed E-state index contributed by atoms with van der Waals surface area (Å²) in [6.45, 7) is 3.75. The summed E-state index contributed by atoms with van der Waals surface area (Å²) in [5.41, 5.74) is 6.42. The molecule has 0 radical (unpaired) electrons. The summed E-state index contributed by atoms with van der Waals surface area (Å²) in [5.74, 6) is 0.708. The first-order chi connectivity index (χ1) is 10.2. The van der Waals surface area contributed by atoms with Crippen LogP contribution < -0.4 is 15.4 Å². The number of methoxy groups -OCH3 is 1. The fourth-order valence-electron chi connectivity index (χ4n) is 2.71. The number of hydrogen-bond acceptors (Lipinski definition) is 4. The molecule has 2 N–H and O–H groups in total. The van der Waals surface area contributed by atoms with Gasteiger partial charge in [0.1, 0.15) is 5.75 Å². The fraction of sp³-hybridized carbons (Fsp3) is 0.562. The third kappa shape index (κ3) is 3.54. The highest BCUT2D eigenvalue weighted by atomic mass is 16.5. The van der Waals surface area contributed by atoms with E-state index in [1.165, 1.54) is 0 Å².